The van der Waals surface area contributed by atoms with E-state index in [0.717, 1.165) is 11.7 Å². The normalized spacial score (nSPS) is 7.30. The zero-order valence-electron chi connectivity index (χ0n) is 5.53. The number of hydrogen-bond acceptors (Lipinski definition) is 3. The fraction of sp³-hybridized carbons (Fsp3) is 0.400. The highest BCUT2D eigenvalue weighted by molar-refractivity contribution is 7.13. The molecule has 1 N–H and O–H groups in total. The molecule has 1 heterocycles. The minimum Gasteiger partial charge on any atom is -0.362 e. The lowest BCUT2D eigenvalue weighted by Crippen LogP contribution is -1.93. The Morgan fingerprint density at radius 2 is 2.30 bits per heavy atom. The first-order chi connectivity index (χ1) is 3.93. The lowest BCUT2D eigenvalue weighted by molar-refractivity contribution is 1.19. The van der Waals surface area contributed by atoms with Gasteiger partial charge in [0.2, 0.25) is 0 Å². The van der Waals surface area contributed by atoms with Crippen molar-refractivity contribution >= 4 is 41.3 Å². The van der Waals surface area contributed by atoms with E-state index in [1.807, 2.05) is 5.38 Å². The highest BCUT2D eigenvalue weighted by atomic mass is 35.5. The Morgan fingerprint density at radius 1 is 1.60 bits per heavy atom. The molecule has 1 aromatic rings. The first-order valence-electron chi connectivity index (χ1n) is 2.57. The molecule has 0 spiro atoms. The highest BCUT2D eigenvalue weighted by Gasteiger charge is 1.86. The second-order valence-electron chi connectivity index (χ2n) is 1.37. The van der Waals surface area contributed by atoms with Gasteiger partial charge in [0.05, 0.1) is 0 Å². The minimum absolute atomic E-state index is 0. The van der Waals surface area contributed by atoms with Crippen LogP contribution in [-0.4, -0.2) is 11.5 Å². The first-order valence-corrected chi connectivity index (χ1v) is 3.45. The van der Waals surface area contributed by atoms with Gasteiger partial charge in [0.15, 0.2) is 5.13 Å². The Balaban J connectivity index is 0. The number of anilines is 1. The summed E-state index contributed by atoms with van der Waals surface area (Å²) in [5.41, 5.74) is 0. The third-order valence-corrected chi connectivity index (χ3v) is 1.49. The second-order valence-corrected chi connectivity index (χ2v) is 2.26. The molecule has 0 atom stereocenters. The number of rotatable bonds is 2. The van der Waals surface area contributed by atoms with E-state index < -0.39 is 0 Å². The summed E-state index contributed by atoms with van der Waals surface area (Å²) in [6, 6.07) is 0. The van der Waals surface area contributed by atoms with Crippen molar-refractivity contribution in [1.29, 1.82) is 0 Å². The van der Waals surface area contributed by atoms with Crippen LogP contribution in [-0.2, 0) is 0 Å². The van der Waals surface area contributed by atoms with Crippen LogP contribution in [0.5, 0.6) is 0 Å². The van der Waals surface area contributed by atoms with Crippen LogP contribution in [0.25, 0.3) is 0 Å². The van der Waals surface area contributed by atoms with Gasteiger partial charge in [0.1, 0.15) is 0 Å². The molecule has 1 aromatic heterocycles. The Morgan fingerprint density at radius 3 is 2.70 bits per heavy atom. The molecular formula is C5H10Cl2N2S. The molecule has 0 unspecified atom stereocenters. The molecule has 2 nitrogen and oxygen atoms in total. The standard InChI is InChI=1S/C5H8N2S.2ClH/c1-2-6-5-7-3-4-8-5;;/h3-4H,2H2,1H3,(H,6,7);2*1H. The van der Waals surface area contributed by atoms with Crippen molar-refractivity contribution < 1.29 is 0 Å². The van der Waals surface area contributed by atoms with E-state index in [2.05, 4.69) is 17.2 Å². The van der Waals surface area contributed by atoms with E-state index in [1.54, 1.807) is 17.5 Å². The number of aromatic nitrogens is 1. The summed E-state index contributed by atoms with van der Waals surface area (Å²) in [6.45, 7) is 3.01. The van der Waals surface area contributed by atoms with Crippen molar-refractivity contribution in [1.82, 2.24) is 4.98 Å². The highest BCUT2D eigenvalue weighted by Crippen LogP contribution is 2.08. The van der Waals surface area contributed by atoms with Gasteiger partial charge in [-0.3, -0.25) is 0 Å². The molecule has 0 saturated carbocycles. The van der Waals surface area contributed by atoms with E-state index in [-0.39, 0.29) is 24.8 Å². The smallest absolute Gasteiger partial charge is 0.182 e. The average Bonchev–Trinajstić information content (AvgIpc) is 2.19. The predicted octanol–water partition coefficient (Wildman–Crippen LogP) is 2.42. The van der Waals surface area contributed by atoms with E-state index >= 15 is 0 Å². The molecule has 10 heavy (non-hydrogen) atoms. The van der Waals surface area contributed by atoms with Crippen LogP contribution in [0.15, 0.2) is 11.6 Å². The quantitative estimate of drug-likeness (QED) is 0.794. The molecule has 1 rings (SSSR count). The van der Waals surface area contributed by atoms with Crippen molar-refractivity contribution in [2.75, 3.05) is 11.9 Å². The van der Waals surface area contributed by atoms with E-state index in [4.69, 9.17) is 0 Å². The van der Waals surface area contributed by atoms with Gasteiger partial charge < -0.3 is 5.32 Å². The van der Waals surface area contributed by atoms with Gasteiger partial charge in [-0.25, -0.2) is 4.98 Å². The number of hydrogen-bond donors (Lipinski definition) is 1. The van der Waals surface area contributed by atoms with Gasteiger partial charge in [-0.15, -0.1) is 36.2 Å². The molecule has 0 saturated heterocycles. The van der Waals surface area contributed by atoms with Crippen LogP contribution < -0.4 is 5.32 Å². The third-order valence-electron chi connectivity index (χ3n) is 0.760. The number of nitrogens with one attached hydrogen (secondary N) is 1. The maximum absolute atomic E-state index is 4.01. The van der Waals surface area contributed by atoms with Crippen LogP contribution >= 0.6 is 36.2 Å². The van der Waals surface area contributed by atoms with Gasteiger partial charge in [0, 0.05) is 18.1 Å². The molecule has 0 aliphatic carbocycles. The van der Waals surface area contributed by atoms with Crippen LogP contribution in [0.3, 0.4) is 0 Å². The van der Waals surface area contributed by atoms with Gasteiger partial charge in [-0.1, -0.05) is 0 Å². The Hall–Kier alpha value is 0.01000. The van der Waals surface area contributed by atoms with Crippen molar-refractivity contribution in [3.63, 3.8) is 0 Å². The lowest BCUT2D eigenvalue weighted by Gasteiger charge is -1.91. The average molecular weight is 201 g/mol. The van der Waals surface area contributed by atoms with Crippen molar-refractivity contribution in [2.45, 2.75) is 6.92 Å². The van der Waals surface area contributed by atoms with Crippen LogP contribution in [0.4, 0.5) is 5.13 Å². The molecule has 0 aromatic carbocycles. The minimum atomic E-state index is 0. The summed E-state index contributed by atoms with van der Waals surface area (Å²) in [4.78, 5) is 4.01. The largest absolute Gasteiger partial charge is 0.362 e. The number of halogens is 2. The maximum Gasteiger partial charge on any atom is 0.182 e. The second kappa shape index (κ2) is 7.12. The van der Waals surface area contributed by atoms with E-state index in [1.165, 1.54) is 0 Å². The summed E-state index contributed by atoms with van der Waals surface area (Å²) < 4.78 is 0. The zero-order valence-corrected chi connectivity index (χ0v) is 7.98. The molecule has 0 aliphatic rings. The van der Waals surface area contributed by atoms with Crippen LogP contribution in [0.2, 0.25) is 0 Å². The van der Waals surface area contributed by atoms with E-state index in [9.17, 15) is 0 Å². The van der Waals surface area contributed by atoms with Crippen molar-refractivity contribution in [2.24, 2.45) is 0 Å². The fourth-order valence-corrected chi connectivity index (χ4v) is 1.06. The van der Waals surface area contributed by atoms with Gasteiger partial charge in [-0.2, -0.15) is 0 Å². The molecular weight excluding hydrogens is 191 g/mol. The zero-order chi connectivity index (χ0) is 5.82. The number of thiazole rings is 1. The van der Waals surface area contributed by atoms with Crippen molar-refractivity contribution in [3.8, 4) is 0 Å². The molecule has 60 valence electrons. The molecule has 0 radical (unpaired) electrons. The lowest BCUT2D eigenvalue weighted by atomic mass is 10.8. The molecule has 0 fully saturated rings. The SMILES string of the molecule is CCNc1nccs1.Cl.Cl. The van der Waals surface area contributed by atoms with Gasteiger partial charge in [-0.05, 0) is 6.92 Å². The van der Waals surface area contributed by atoms with Gasteiger partial charge >= 0.3 is 0 Å². The summed E-state index contributed by atoms with van der Waals surface area (Å²) in [6.07, 6.45) is 1.79. The number of nitrogens with zero attached hydrogens (tertiary/aromatic N) is 1. The predicted molar refractivity (Wildman–Crippen MR) is 50.8 cm³/mol. The summed E-state index contributed by atoms with van der Waals surface area (Å²) in [5.74, 6) is 0. The third kappa shape index (κ3) is 3.93. The maximum atomic E-state index is 4.01. The molecule has 0 bridgehead atoms. The van der Waals surface area contributed by atoms with E-state index in [0.29, 0.717) is 0 Å². The topological polar surface area (TPSA) is 24.9 Å². The molecule has 5 heteroatoms. The fourth-order valence-electron chi connectivity index (χ4n) is 0.462. The first kappa shape index (κ1) is 12.7. The van der Waals surface area contributed by atoms with Crippen LogP contribution in [0, 0.1) is 0 Å². The Labute approximate surface area is 76.9 Å². The molecule has 0 aliphatic heterocycles. The summed E-state index contributed by atoms with van der Waals surface area (Å²) in [5, 5.41) is 6.06. The van der Waals surface area contributed by atoms with Crippen LogP contribution in [0.1, 0.15) is 6.92 Å². The summed E-state index contributed by atoms with van der Waals surface area (Å²) >= 11 is 1.63. The van der Waals surface area contributed by atoms with Gasteiger partial charge in [0.25, 0.3) is 0 Å². The van der Waals surface area contributed by atoms with Crippen molar-refractivity contribution in [3.05, 3.63) is 11.6 Å². The summed E-state index contributed by atoms with van der Waals surface area (Å²) in [7, 11) is 0. The Bertz CT molecular complexity index is 143. The molecule has 0 amide bonds. The monoisotopic (exact) mass is 200 g/mol. The Kier molecular flexibility index (Phi) is 9.02.